The lowest BCUT2D eigenvalue weighted by molar-refractivity contribution is 0.168. The lowest BCUT2D eigenvalue weighted by Gasteiger charge is -2.41. The molecule has 2 atom stereocenters. The molecular weight excluding hydrogens is 148 g/mol. The van der Waals surface area contributed by atoms with Crippen molar-refractivity contribution in [3.8, 4) is 0 Å². The summed E-state index contributed by atoms with van der Waals surface area (Å²) in [7, 11) is 0. The molecule has 2 rings (SSSR count). The Hall–Kier alpha value is -0.240. The van der Waals surface area contributed by atoms with Gasteiger partial charge in [-0.15, -0.1) is 12.4 Å². The molecule has 2 nitrogen and oxygen atoms in total. The van der Waals surface area contributed by atoms with Gasteiger partial charge in [0.05, 0.1) is 5.84 Å². The minimum absolute atomic E-state index is 0. The summed E-state index contributed by atoms with van der Waals surface area (Å²) in [6.45, 7) is 1.07. The summed E-state index contributed by atoms with van der Waals surface area (Å²) in [4.78, 5) is 0. The van der Waals surface area contributed by atoms with E-state index in [0.29, 0.717) is 0 Å². The molecule has 0 aromatic heterocycles. The SMILES string of the molecule is Cl.N=C1CC2CCC2CN1. The monoisotopic (exact) mass is 160 g/mol. The van der Waals surface area contributed by atoms with Crippen LogP contribution in [-0.4, -0.2) is 12.4 Å². The summed E-state index contributed by atoms with van der Waals surface area (Å²) >= 11 is 0. The van der Waals surface area contributed by atoms with Gasteiger partial charge in [-0.2, -0.15) is 0 Å². The van der Waals surface area contributed by atoms with Crippen LogP contribution in [0.5, 0.6) is 0 Å². The summed E-state index contributed by atoms with van der Waals surface area (Å²) in [5.74, 6) is 2.55. The van der Waals surface area contributed by atoms with Crippen molar-refractivity contribution in [3.05, 3.63) is 0 Å². The molecule has 3 heteroatoms. The van der Waals surface area contributed by atoms with Crippen LogP contribution in [0.4, 0.5) is 0 Å². The van der Waals surface area contributed by atoms with Crippen molar-refractivity contribution >= 4 is 18.2 Å². The predicted molar refractivity (Wildman–Crippen MR) is 43.8 cm³/mol. The quantitative estimate of drug-likeness (QED) is 0.552. The maximum atomic E-state index is 7.33. The van der Waals surface area contributed by atoms with Gasteiger partial charge in [-0.1, -0.05) is 0 Å². The van der Waals surface area contributed by atoms with E-state index in [1.165, 1.54) is 12.8 Å². The largest absolute Gasteiger partial charge is 0.374 e. The number of hydrogen-bond donors (Lipinski definition) is 2. The molecule has 0 spiro atoms. The van der Waals surface area contributed by atoms with Crippen molar-refractivity contribution in [1.82, 2.24) is 5.32 Å². The molecule has 2 fully saturated rings. The van der Waals surface area contributed by atoms with Crippen molar-refractivity contribution in [1.29, 1.82) is 5.41 Å². The summed E-state index contributed by atoms with van der Waals surface area (Å²) in [6, 6.07) is 0. The Balaban J connectivity index is 0.000000500. The number of rotatable bonds is 0. The lowest BCUT2D eigenvalue weighted by atomic mass is 9.70. The molecule has 1 saturated carbocycles. The fourth-order valence-electron chi connectivity index (χ4n) is 1.76. The smallest absolute Gasteiger partial charge is 0.0934 e. The molecule has 10 heavy (non-hydrogen) atoms. The first-order valence-corrected chi connectivity index (χ1v) is 3.67. The number of nitrogens with one attached hydrogen (secondary N) is 2. The van der Waals surface area contributed by atoms with Crippen molar-refractivity contribution < 1.29 is 0 Å². The van der Waals surface area contributed by atoms with Gasteiger partial charge in [0.1, 0.15) is 0 Å². The fourth-order valence-corrected chi connectivity index (χ4v) is 1.76. The maximum absolute atomic E-state index is 7.33. The molecule has 0 aromatic rings. The molecule has 1 aliphatic heterocycles. The van der Waals surface area contributed by atoms with Crippen LogP contribution in [0.2, 0.25) is 0 Å². The second kappa shape index (κ2) is 2.79. The van der Waals surface area contributed by atoms with E-state index in [9.17, 15) is 0 Å². The topological polar surface area (TPSA) is 35.9 Å². The van der Waals surface area contributed by atoms with E-state index in [1.54, 1.807) is 0 Å². The molecule has 2 aliphatic rings. The number of fused-ring (bicyclic) bond motifs is 1. The average molecular weight is 161 g/mol. The number of piperidine rings is 1. The van der Waals surface area contributed by atoms with Crippen LogP contribution in [0.1, 0.15) is 19.3 Å². The third kappa shape index (κ3) is 1.12. The van der Waals surface area contributed by atoms with Crippen LogP contribution in [-0.2, 0) is 0 Å². The fraction of sp³-hybridized carbons (Fsp3) is 0.857. The van der Waals surface area contributed by atoms with E-state index in [-0.39, 0.29) is 12.4 Å². The van der Waals surface area contributed by atoms with Gasteiger partial charge in [0, 0.05) is 13.0 Å². The van der Waals surface area contributed by atoms with Gasteiger partial charge >= 0.3 is 0 Å². The van der Waals surface area contributed by atoms with Crippen LogP contribution in [0, 0.1) is 17.2 Å². The van der Waals surface area contributed by atoms with Gasteiger partial charge in [-0.05, 0) is 24.7 Å². The lowest BCUT2D eigenvalue weighted by Crippen LogP contribution is -2.45. The zero-order valence-electron chi connectivity index (χ0n) is 5.89. The number of hydrogen-bond acceptors (Lipinski definition) is 1. The molecule has 1 saturated heterocycles. The molecule has 2 unspecified atom stereocenters. The Morgan fingerprint density at radius 2 is 2.00 bits per heavy atom. The molecule has 0 amide bonds. The van der Waals surface area contributed by atoms with Gasteiger partial charge in [-0.25, -0.2) is 0 Å². The molecule has 2 N–H and O–H groups in total. The van der Waals surface area contributed by atoms with Crippen molar-refractivity contribution in [3.63, 3.8) is 0 Å². The zero-order valence-corrected chi connectivity index (χ0v) is 6.71. The average Bonchev–Trinajstić information content (AvgIpc) is 1.78. The minimum atomic E-state index is 0. The van der Waals surface area contributed by atoms with Crippen LogP contribution in [0.3, 0.4) is 0 Å². The maximum Gasteiger partial charge on any atom is 0.0934 e. The number of halogens is 1. The predicted octanol–water partition coefficient (Wildman–Crippen LogP) is 1.40. The van der Waals surface area contributed by atoms with Crippen LogP contribution in [0.25, 0.3) is 0 Å². The van der Waals surface area contributed by atoms with Crippen LogP contribution >= 0.6 is 12.4 Å². The standard InChI is InChI=1S/C7H12N2.ClH/c8-7-3-5-1-2-6(5)4-9-7;/h5-6H,1-4H2,(H2,8,9);1H. The Labute approximate surface area is 67.3 Å². The summed E-state index contributed by atoms with van der Waals surface area (Å²) < 4.78 is 0. The normalized spacial score (nSPS) is 36.6. The van der Waals surface area contributed by atoms with E-state index in [1.807, 2.05) is 0 Å². The molecule has 1 aliphatic carbocycles. The van der Waals surface area contributed by atoms with Gasteiger partial charge in [0.15, 0.2) is 0 Å². The van der Waals surface area contributed by atoms with E-state index in [0.717, 1.165) is 30.6 Å². The first kappa shape index (κ1) is 7.86. The molecule has 1 heterocycles. The van der Waals surface area contributed by atoms with E-state index >= 15 is 0 Å². The highest BCUT2D eigenvalue weighted by Crippen LogP contribution is 2.38. The summed E-state index contributed by atoms with van der Waals surface area (Å²) in [5.41, 5.74) is 0. The van der Waals surface area contributed by atoms with Gasteiger partial charge < -0.3 is 5.32 Å². The molecule has 0 radical (unpaired) electrons. The Morgan fingerprint density at radius 1 is 1.30 bits per heavy atom. The summed E-state index contributed by atoms with van der Waals surface area (Å²) in [5, 5.41) is 10.4. The van der Waals surface area contributed by atoms with E-state index in [2.05, 4.69) is 5.32 Å². The molecule has 0 aromatic carbocycles. The Morgan fingerprint density at radius 3 is 2.40 bits per heavy atom. The number of amidine groups is 1. The Bertz CT molecular complexity index is 147. The van der Waals surface area contributed by atoms with Gasteiger partial charge in [0.25, 0.3) is 0 Å². The highest BCUT2D eigenvalue weighted by Gasteiger charge is 2.34. The molecular formula is C7H13ClN2. The van der Waals surface area contributed by atoms with Crippen molar-refractivity contribution in [2.24, 2.45) is 11.8 Å². The van der Waals surface area contributed by atoms with Gasteiger partial charge in [-0.3, -0.25) is 5.41 Å². The highest BCUT2D eigenvalue weighted by atomic mass is 35.5. The second-order valence-electron chi connectivity index (χ2n) is 3.16. The van der Waals surface area contributed by atoms with Crippen molar-refractivity contribution in [2.45, 2.75) is 19.3 Å². The zero-order chi connectivity index (χ0) is 6.27. The minimum Gasteiger partial charge on any atom is -0.374 e. The van der Waals surface area contributed by atoms with Crippen LogP contribution in [0.15, 0.2) is 0 Å². The van der Waals surface area contributed by atoms with Crippen LogP contribution < -0.4 is 5.32 Å². The Kier molecular flexibility index (Phi) is 2.19. The third-order valence-electron chi connectivity index (χ3n) is 2.62. The summed E-state index contributed by atoms with van der Waals surface area (Å²) in [6.07, 6.45) is 3.78. The molecule has 0 bridgehead atoms. The van der Waals surface area contributed by atoms with E-state index in [4.69, 9.17) is 5.41 Å². The molecule has 58 valence electrons. The van der Waals surface area contributed by atoms with Gasteiger partial charge in [0.2, 0.25) is 0 Å². The van der Waals surface area contributed by atoms with Crippen molar-refractivity contribution in [2.75, 3.05) is 6.54 Å². The first-order valence-electron chi connectivity index (χ1n) is 3.67. The second-order valence-corrected chi connectivity index (χ2v) is 3.16. The van der Waals surface area contributed by atoms with E-state index < -0.39 is 0 Å². The highest BCUT2D eigenvalue weighted by molar-refractivity contribution is 5.85. The third-order valence-corrected chi connectivity index (χ3v) is 2.62. The first-order chi connectivity index (χ1) is 4.36.